The number of carbonyl (C=O) groups excluding carboxylic acids is 2. The summed E-state index contributed by atoms with van der Waals surface area (Å²) in [6, 6.07) is 28.9. The van der Waals surface area contributed by atoms with Crippen LogP contribution < -0.4 is 10.2 Å². The molecule has 2 heterocycles. The van der Waals surface area contributed by atoms with Gasteiger partial charge in [-0.15, -0.1) is 0 Å². The van der Waals surface area contributed by atoms with Gasteiger partial charge in [-0.2, -0.15) is 0 Å². The Kier molecular flexibility index (Phi) is 9.93. The van der Waals surface area contributed by atoms with Crippen molar-refractivity contribution in [3.63, 3.8) is 0 Å². The molecule has 256 valence electrons. The van der Waals surface area contributed by atoms with E-state index in [-0.39, 0.29) is 29.6 Å². The molecule has 7 nitrogen and oxygen atoms in total. The number of fused-ring (bicyclic) bond motifs is 4. The highest BCUT2D eigenvalue weighted by Crippen LogP contribution is 2.52. The summed E-state index contributed by atoms with van der Waals surface area (Å²) in [6.07, 6.45) is 7.88. The lowest BCUT2D eigenvalue weighted by molar-refractivity contribution is -0.122. The Hall–Kier alpha value is -4.66. The van der Waals surface area contributed by atoms with Gasteiger partial charge in [0, 0.05) is 16.8 Å². The average Bonchev–Trinajstić information content (AvgIpc) is 3.38. The summed E-state index contributed by atoms with van der Waals surface area (Å²) in [5.74, 6) is -1.26. The lowest BCUT2D eigenvalue weighted by Gasteiger charge is -2.43. The predicted molar refractivity (Wildman–Crippen MR) is 201 cm³/mol. The molecule has 7 rings (SSSR count). The van der Waals surface area contributed by atoms with E-state index >= 15 is 0 Å². The number of carbonyl (C=O) groups is 2. The Morgan fingerprint density at radius 3 is 2.32 bits per heavy atom. The zero-order valence-electron chi connectivity index (χ0n) is 28.8. The van der Waals surface area contributed by atoms with Crippen molar-refractivity contribution in [1.29, 1.82) is 0 Å². The third-order valence-corrected chi connectivity index (χ3v) is 10.6. The number of hydrogen-bond acceptors (Lipinski definition) is 6. The number of phenols is 1. The maximum atomic E-state index is 14.3. The molecule has 2 fully saturated rings. The van der Waals surface area contributed by atoms with Crippen LogP contribution in [0.2, 0.25) is 6.32 Å². The molecule has 0 spiro atoms. The number of rotatable bonds is 11. The first-order valence-corrected chi connectivity index (χ1v) is 18.1. The molecule has 0 saturated carbocycles. The molecule has 50 heavy (non-hydrogen) atoms. The van der Waals surface area contributed by atoms with Crippen LogP contribution in [0.4, 0.5) is 17.1 Å². The summed E-state index contributed by atoms with van der Waals surface area (Å²) < 4.78 is 6.30. The monoisotopic (exact) mass is 668 g/mol. The summed E-state index contributed by atoms with van der Waals surface area (Å²) in [5.41, 5.74) is 7.10. The highest BCUT2D eigenvalue weighted by atomic mass is 16.5. The van der Waals surface area contributed by atoms with Gasteiger partial charge in [-0.1, -0.05) is 92.4 Å². The van der Waals surface area contributed by atoms with Crippen LogP contribution in [-0.4, -0.2) is 35.2 Å². The van der Waals surface area contributed by atoms with Crippen molar-refractivity contribution in [3.8, 4) is 5.75 Å². The molecule has 8 heteroatoms. The first-order chi connectivity index (χ1) is 24.4. The van der Waals surface area contributed by atoms with Gasteiger partial charge >= 0.3 is 7.12 Å². The van der Waals surface area contributed by atoms with Crippen molar-refractivity contribution in [2.24, 2.45) is 17.8 Å². The molecular formula is C42H45BN2O5. The largest absolute Gasteiger partial charge is 0.507 e. The Balaban J connectivity index is 1.14. The van der Waals surface area contributed by atoms with Gasteiger partial charge in [0.25, 0.3) is 0 Å². The van der Waals surface area contributed by atoms with Crippen LogP contribution in [-0.2, 0) is 14.2 Å². The zero-order valence-corrected chi connectivity index (χ0v) is 28.8. The molecule has 1 aliphatic carbocycles. The van der Waals surface area contributed by atoms with Crippen LogP contribution in [0.1, 0.15) is 64.4 Å². The van der Waals surface area contributed by atoms with Crippen molar-refractivity contribution < 1.29 is 24.4 Å². The number of aromatic hydroxyl groups is 1. The minimum absolute atomic E-state index is 0.150. The Labute approximate surface area is 294 Å². The summed E-state index contributed by atoms with van der Waals surface area (Å²) in [7, 11) is -1.00. The number of allylic oxidation sites excluding steroid dienone is 2. The molecule has 0 radical (unpaired) electrons. The van der Waals surface area contributed by atoms with E-state index in [2.05, 4.69) is 25.2 Å². The van der Waals surface area contributed by atoms with Gasteiger partial charge in [0.05, 0.1) is 23.6 Å². The SMILES string of the molecule is CCCC1=C2[C@@H](CC/C(=C/c3ccc(O)c4ccccc34)CCC)OB(O)C[C@@H]2[C@@H]2C(=O)N(c3ccc(Nc4ccccc4)cc3)C(=O)[C@@H]2C1. The highest BCUT2D eigenvalue weighted by molar-refractivity contribution is 6.43. The van der Waals surface area contributed by atoms with E-state index in [1.54, 1.807) is 6.07 Å². The van der Waals surface area contributed by atoms with Gasteiger partial charge in [0.15, 0.2) is 0 Å². The topological polar surface area (TPSA) is 99.1 Å². The summed E-state index contributed by atoms with van der Waals surface area (Å²) in [4.78, 5) is 29.7. The van der Waals surface area contributed by atoms with Crippen molar-refractivity contribution in [1.82, 2.24) is 0 Å². The first kappa shape index (κ1) is 33.8. The minimum Gasteiger partial charge on any atom is -0.507 e. The summed E-state index contributed by atoms with van der Waals surface area (Å²) in [5, 5.41) is 26.7. The fourth-order valence-electron chi connectivity index (χ4n) is 8.50. The van der Waals surface area contributed by atoms with Crippen LogP contribution >= 0.6 is 0 Å². The van der Waals surface area contributed by atoms with Crippen LogP contribution in [0.5, 0.6) is 5.75 Å². The standard InChI is InChI=1S/C42H45BN2O5/c1-3-10-27(24-28-17-22-37(46)34-15-9-8-14-33(28)34)16-23-38-39-29(11-4-2)25-35-40(36(39)26-43(49)50-38)42(48)45(41(35)47)32-20-18-31(19-21-32)44-30-12-6-5-7-13-30/h5-9,12-15,17-22,24,35-36,38,40,44,46,49H,3-4,10-11,16,23,25-26H2,1-2H3/b27-24+/t35-,36+,38-,40-/m1/s1. The molecule has 2 saturated heterocycles. The summed E-state index contributed by atoms with van der Waals surface area (Å²) >= 11 is 0. The zero-order chi connectivity index (χ0) is 34.8. The highest BCUT2D eigenvalue weighted by Gasteiger charge is 2.57. The molecule has 4 aromatic rings. The number of anilines is 3. The van der Waals surface area contributed by atoms with E-state index in [0.29, 0.717) is 24.8 Å². The van der Waals surface area contributed by atoms with Gasteiger partial charge in [0.1, 0.15) is 5.75 Å². The number of phenolic OH excluding ortho intramolecular Hbond substituents is 1. The number of nitrogens with zero attached hydrogens (tertiary/aromatic N) is 1. The number of para-hydroxylation sites is 1. The maximum absolute atomic E-state index is 14.3. The van der Waals surface area contributed by atoms with E-state index in [0.717, 1.165) is 65.4 Å². The second-order valence-electron chi connectivity index (χ2n) is 13.9. The molecule has 2 amide bonds. The van der Waals surface area contributed by atoms with Crippen LogP contribution in [0, 0.1) is 17.8 Å². The Morgan fingerprint density at radius 2 is 1.58 bits per heavy atom. The van der Waals surface area contributed by atoms with Gasteiger partial charge in [-0.25, -0.2) is 0 Å². The number of amides is 2. The second-order valence-corrected chi connectivity index (χ2v) is 13.9. The van der Waals surface area contributed by atoms with E-state index in [9.17, 15) is 19.7 Å². The van der Waals surface area contributed by atoms with E-state index in [1.807, 2.05) is 84.9 Å². The molecule has 0 unspecified atom stereocenters. The van der Waals surface area contributed by atoms with Crippen LogP contribution in [0.3, 0.4) is 0 Å². The molecule has 3 N–H and O–H groups in total. The molecular weight excluding hydrogens is 623 g/mol. The molecule has 0 bridgehead atoms. The number of benzene rings is 4. The van der Waals surface area contributed by atoms with Crippen molar-refractivity contribution in [2.45, 2.75) is 71.2 Å². The third kappa shape index (κ3) is 6.62. The van der Waals surface area contributed by atoms with Gasteiger partial charge in [-0.3, -0.25) is 14.5 Å². The average molecular weight is 669 g/mol. The lowest BCUT2D eigenvalue weighted by Crippen LogP contribution is -2.46. The minimum atomic E-state index is -1.00. The van der Waals surface area contributed by atoms with E-state index in [1.165, 1.54) is 16.0 Å². The van der Waals surface area contributed by atoms with E-state index in [4.69, 9.17) is 4.65 Å². The lowest BCUT2D eigenvalue weighted by atomic mass is 9.58. The molecule has 0 aromatic heterocycles. The number of nitrogens with one attached hydrogen (secondary N) is 1. The first-order valence-electron chi connectivity index (χ1n) is 18.1. The fourth-order valence-corrected chi connectivity index (χ4v) is 8.50. The summed E-state index contributed by atoms with van der Waals surface area (Å²) in [6.45, 7) is 4.32. The van der Waals surface area contributed by atoms with Crippen LogP contribution in [0.25, 0.3) is 16.8 Å². The van der Waals surface area contributed by atoms with Crippen molar-refractivity contribution in [2.75, 3.05) is 10.2 Å². The van der Waals surface area contributed by atoms with Crippen molar-refractivity contribution >= 4 is 52.8 Å². The van der Waals surface area contributed by atoms with Gasteiger partial charge < -0.3 is 20.1 Å². The number of imide groups is 1. The van der Waals surface area contributed by atoms with Gasteiger partial charge in [-0.05, 0) is 103 Å². The molecule has 3 aliphatic rings. The molecule has 4 aromatic carbocycles. The molecule has 2 aliphatic heterocycles. The Bertz CT molecular complexity index is 1940. The smallest absolute Gasteiger partial charge is 0.455 e. The van der Waals surface area contributed by atoms with Crippen molar-refractivity contribution in [3.05, 3.63) is 113 Å². The maximum Gasteiger partial charge on any atom is 0.455 e. The number of hydrogen-bond donors (Lipinski definition) is 3. The molecule has 4 atom stereocenters. The Morgan fingerprint density at radius 1 is 0.860 bits per heavy atom. The van der Waals surface area contributed by atoms with E-state index < -0.39 is 19.0 Å². The fraction of sp³-hybridized carbons (Fsp3) is 0.333. The third-order valence-electron chi connectivity index (χ3n) is 10.6. The van der Waals surface area contributed by atoms with Gasteiger partial charge in [0.2, 0.25) is 11.8 Å². The second kappa shape index (κ2) is 14.7. The predicted octanol–water partition coefficient (Wildman–Crippen LogP) is 9.05. The normalized spacial score (nSPS) is 22.3. The quantitative estimate of drug-likeness (QED) is 0.0838. The van der Waals surface area contributed by atoms with Crippen LogP contribution in [0.15, 0.2) is 108 Å².